The second kappa shape index (κ2) is 51.7. The zero-order valence-electron chi connectivity index (χ0n) is 40.7. The Morgan fingerprint density at radius 1 is 0.350 bits per heavy atom. The van der Waals surface area contributed by atoms with Crippen molar-refractivity contribution in [3.63, 3.8) is 0 Å². The molecule has 0 aromatic carbocycles. The lowest BCUT2D eigenvalue weighted by atomic mass is 10.1. The maximum absolute atomic E-state index is 12.8. The number of carbonyl (C=O) groups is 2. The number of rotatable bonds is 50. The molecule has 0 bridgehead atoms. The summed E-state index contributed by atoms with van der Waals surface area (Å²) >= 11 is 0. The number of ether oxygens (including phenoxy) is 3. The van der Waals surface area contributed by atoms with Crippen LogP contribution in [0.5, 0.6) is 0 Å². The minimum absolute atomic E-state index is 0.0884. The van der Waals surface area contributed by atoms with Gasteiger partial charge in [0.15, 0.2) is 6.10 Å². The zero-order chi connectivity index (χ0) is 43.5. The Bertz CT molecular complexity index is 913. The molecule has 1 unspecified atom stereocenters. The summed E-state index contributed by atoms with van der Waals surface area (Å²) in [6.07, 6.45) is 60.5. The molecule has 0 N–H and O–H groups in total. The van der Waals surface area contributed by atoms with Crippen molar-refractivity contribution in [1.82, 2.24) is 0 Å². The van der Waals surface area contributed by atoms with E-state index >= 15 is 0 Å². The van der Waals surface area contributed by atoms with Crippen molar-refractivity contribution < 1.29 is 23.8 Å². The van der Waals surface area contributed by atoms with Gasteiger partial charge in [-0.05, 0) is 70.6 Å². The van der Waals surface area contributed by atoms with Gasteiger partial charge < -0.3 is 14.2 Å². The Morgan fingerprint density at radius 2 is 0.650 bits per heavy atom. The van der Waals surface area contributed by atoms with E-state index in [4.69, 9.17) is 14.2 Å². The molecule has 0 rings (SSSR count). The van der Waals surface area contributed by atoms with Gasteiger partial charge in [0.25, 0.3) is 0 Å². The van der Waals surface area contributed by atoms with Crippen LogP contribution in [0.15, 0.2) is 24.3 Å². The van der Waals surface area contributed by atoms with E-state index < -0.39 is 6.10 Å². The molecule has 0 saturated carbocycles. The third-order valence-corrected chi connectivity index (χ3v) is 12.0. The molecule has 0 heterocycles. The second-order valence-corrected chi connectivity index (χ2v) is 18.1. The predicted molar refractivity (Wildman–Crippen MR) is 261 cm³/mol. The summed E-state index contributed by atoms with van der Waals surface area (Å²) in [6, 6.07) is 0. The van der Waals surface area contributed by atoms with Gasteiger partial charge >= 0.3 is 11.9 Å². The fourth-order valence-corrected chi connectivity index (χ4v) is 7.91. The van der Waals surface area contributed by atoms with Crippen LogP contribution in [-0.2, 0) is 23.8 Å². The lowest BCUT2D eigenvalue weighted by molar-refractivity contribution is -0.163. The monoisotopic (exact) mass is 845 g/mol. The number of hydrogen-bond acceptors (Lipinski definition) is 5. The third kappa shape index (κ3) is 49.0. The van der Waals surface area contributed by atoms with Crippen LogP contribution < -0.4 is 0 Å². The van der Waals surface area contributed by atoms with Crippen LogP contribution in [0.3, 0.4) is 0 Å². The molecule has 0 aromatic rings. The molecule has 0 fully saturated rings. The third-order valence-electron chi connectivity index (χ3n) is 12.0. The summed E-state index contributed by atoms with van der Waals surface area (Å²) in [7, 11) is 0. The Hall–Kier alpha value is -1.62. The maximum Gasteiger partial charge on any atom is 0.306 e. The molecular formula is C55H104O5. The first-order chi connectivity index (χ1) is 29.6. The van der Waals surface area contributed by atoms with E-state index in [1.165, 1.54) is 225 Å². The van der Waals surface area contributed by atoms with Gasteiger partial charge in [0.2, 0.25) is 0 Å². The maximum atomic E-state index is 12.8. The van der Waals surface area contributed by atoms with Crippen LogP contribution in [-0.4, -0.2) is 37.9 Å². The lowest BCUT2D eigenvalue weighted by Crippen LogP contribution is -2.30. The highest BCUT2D eigenvalue weighted by molar-refractivity contribution is 5.70. The molecule has 0 saturated heterocycles. The average molecular weight is 845 g/mol. The number of allylic oxidation sites excluding steroid dienone is 4. The number of unbranched alkanes of at least 4 members (excludes halogenated alkanes) is 35. The Morgan fingerprint density at radius 3 is 1.02 bits per heavy atom. The van der Waals surface area contributed by atoms with E-state index in [0.717, 1.165) is 32.1 Å². The normalized spacial score (nSPS) is 12.2. The molecule has 5 nitrogen and oxygen atoms in total. The number of hydrogen-bond donors (Lipinski definition) is 0. The molecular weight excluding hydrogens is 741 g/mol. The van der Waals surface area contributed by atoms with E-state index in [9.17, 15) is 9.59 Å². The number of esters is 2. The molecule has 60 heavy (non-hydrogen) atoms. The van der Waals surface area contributed by atoms with Gasteiger partial charge in [0.1, 0.15) is 6.61 Å². The van der Waals surface area contributed by atoms with Crippen molar-refractivity contribution >= 4 is 11.9 Å². The van der Waals surface area contributed by atoms with Gasteiger partial charge in [-0.15, -0.1) is 0 Å². The van der Waals surface area contributed by atoms with Crippen LogP contribution in [0.4, 0.5) is 0 Å². The molecule has 5 heteroatoms. The van der Waals surface area contributed by atoms with Gasteiger partial charge in [0, 0.05) is 19.4 Å². The summed E-state index contributed by atoms with van der Waals surface area (Å²) in [5.74, 6) is -0.389. The van der Waals surface area contributed by atoms with E-state index in [-0.39, 0.29) is 18.5 Å². The first-order valence-corrected chi connectivity index (χ1v) is 26.9. The smallest absolute Gasteiger partial charge is 0.306 e. The number of carbonyl (C=O) groups excluding carboxylic acids is 2. The highest BCUT2D eigenvalue weighted by atomic mass is 16.6. The van der Waals surface area contributed by atoms with Crippen molar-refractivity contribution in [2.24, 2.45) is 0 Å². The van der Waals surface area contributed by atoms with Gasteiger partial charge in [-0.25, -0.2) is 0 Å². The highest BCUT2D eigenvalue weighted by Crippen LogP contribution is 2.15. The standard InChI is InChI=1S/C55H104O5/c1-4-7-10-13-16-19-21-23-25-27-28-30-31-33-35-37-39-42-45-48-54(56)59-52-53(51-58-50-47-44-41-18-15-12-9-6-3)60-55(57)49-46-43-40-38-36-34-32-29-26-24-22-20-17-14-11-8-5-2/h23-26,53H,4-22,27-52H2,1-3H3/b25-23-,26-24-. The summed E-state index contributed by atoms with van der Waals surface area (Å²) in [5.41, 5.74) is 0. The van der Waals surface area contributed by atoms with Crippen LogP contribution in [0.25, 0.3) is 0 Å². The Labute approximate surface area is 375 Å². The van der Waals surface area contributed by atoms with Crippen molar-refractivity contribution in [2.75, 3.05) is 19.8 Å². The topological polar surface area (TPSA) is 61.8 Å². The molecule has 1 atom stereocenters. The Balaban J connectivity index is 4.11. The van der Waals surface area contributed by atoms with Crippen molar-refractivity contribution in [2.45, 2.75) is 297 Å². The van der Waals surface area contributed by atoms with Gasteiger partial charge in [-0.3, -0.25) is 9.59 Å². The first-order valence-electron chi connectivity index (χ1n) is 26.9. The van der Waals surface area contributed by atoms with Crippen LogP contribution in [0.1, 0.15) is 290 Å². The molecule has 0 spiro atoms. The molecule has 0 aromatic heterocycles. The predicted octanol–water partition coefficient (Wildman–Crippen LogP) is 18.0. The lowest BCUT2D eigenvalue weighted by Gasteiger charge is -2.18. The van der Waals surface area contributed by atoms with E-state index in [0.29, 0.717) is 26.1 Å². The molecule has 0 aliphatic rings. The largest absolute Gasteiger partial charge is 0.462 e. The summed E-state index contributed by atoms with van der Waals surface area (Å²) in [5, 5.41) is 0. The van der Waals surface area contributed by atoms with Crippen molar-refractivity contribution in [1.29, 1.82) is 0 Å². The summed E-state index contributed by atoms with van der Waals surface area (Å²) in [4.78, 5) is 25.4. The fourth-order valence-electron chi connectivity index (χ4n) is 7.91. The van der Waals surface area contributed by atoms with Crippen molar-refractivity contribution in [3.05, 3.63) is 24.3 Å². The van der Waals surface area contributed by atoms with Gasteiger partial charge in [-0.1, -0.05) is 231 Å². The molecule has 0 aliphatic heterocycles. The highest BCUT2D eigenvalue weighted by Gasteiger charge is 2.17. The van der Waals surface area contributed by atoms with Gasteiger partial charge in [0.05, 0.1) is 6.61 Å². The minimum atomic E-state index is -0.531. The quantitative estimate of drug-likeness (QED) is 0.0347. The SMILES string of the molecule is CCCCCCCC/C=C\CCCCCCCCCCCC(=O)OCC(COCCCCCCCCCC)OC(=O)CCCCCCCCC/C=C\CCCCCCCC. The van der Waals surface area contributed by atoms with E-state index in [1.807, 2.05) is 0 Å². The average Bonchev–Trinajstić information content (AvgIpc) is 3.25. The van der Waals surface area contributed by atoms with Crippen LogP contribution in [0.2, 0.25) is 0 Å². The van der Waals surface area contributed by atoms with E-state index in [2.05, 4.69) is 45.1 Å². The van der Waals surface area contributed by atoms with Crippen LogP contribution >= 0.6 is 0 Å². The first kappa shape index (κ1) is 58.4. The molecule has 0 amide bonds. The van der Waals surface area contributed by atoms with Gasteiger partial charge in [-0.2, -0.15) is 0 Å². The Kier molecular flexibility index (Phi) is 50.3. The van der Waals surface area contributed by atoms with Crippen LogP contribution in [0, 0.1) is 0 Å². The second-order valence-electron chi connectivity index (χ2n) is 18.1. The molecule has 354 valence electrons. The fraction of sp³-hybridized carbons (Fsp3) is 0.891. The summed E-state index contributed by atoms with van der Waals surface area (Å²) in [6.45, 7) is 7.85. The van der Waals surface area contributed by atoms with Crippen molar-refractivity contribution in [3.8, 4) is 0 Å². The van der Waals surface area contributed by atoms with E-state index in [1.54, 1.807) is 0 Å². The molecule has 0 aliphatic carbocycles. The molecule has 0 radical (unpaired) electrons. The summed E-state index contributed by atoms with van der Waals surface area (Å²) < 4.78 is 17.4. The zero-order valence-corrected chi connectivity index (χ0v) is 40.7. The minimum Gasteiger partial charge on any atom is -0.462 e.